The van der Waals surface area contributed by atoms with Gasteiger partial charge in [0.15, 0.2) is 11.6 Å². The predicted molar refractivity (Wildman–Crippen MR) is 105 cm³/mol. The number of rotatable bonds is 7. The van der Waals surface area contributed by atoms with E-state index in [2.05, 4.69) is 25.7 Å². The SMILES string of the molecule is CCONC(=O)c1cnccc1Nc1cccc(-c2ncc(C)cn2)c1OC. The van der Waals surface area contributed by atoms with Crippen LogP contribution in [0, 0.1) is 6.92 Å². The molecule has 0 fully saturated rings. The number of pyridine rings is 1. The Balaban J connectivity index is 1.97. The van der Waals surface area contributed by atoms with Crippen molar-refractivity contribution in [3.05, 3.63) is 60.2 Å². The standard InChI is InChI=1S/C20H21N5O3/c1-4-28-25-20(26)15-12-21-9-8-16(15)24-17-7-5-6-14(18(17)27-3)19-22-10-13(2)11-23-19/h5-12H,4H2,1-3H3,(H,21,24)(H,25,26). The zero-order chi connectivity index (χ0) is 19.9. The Kier molecular flexibility index (Phi) is 6.13. The summed E-state index contributed by atoms with van der Waals surface area (Å²) in [7, 11) is 1.58. The van der Waals surface area contributed by atoms with E-state index in [9.17, 15) is 4.79 Å². The Morgan fingerprint density at radius 1 is 1.11 bits per heavy atom. The number of nitrogens with one attached hydrogen (secondary N) is 2. The van der Waals surface area contributed by atoms with Gasteiger partial charge in [-0.3, -0.25) is 14.6 Å². The average Bonchev–Trinajstić information content (AvgIpc) is 2.73. The topological polar surface area (TPSA) is 98.3 Å². The van der Waals surface area contributed by atoms with Crippen molar-refractivity contribution in [2.45, 2.75) is 13.8 Å². The van der Waals surface area contributed by atoms with Gasteiger partial charge in [-0.05, 0) is 37.6 Å². The maximum absolute atomic E-state index is 12.3. The number of anilines is 2. The van der Waals surface area contributed by atoms with Crippen LogP contribution in [0.3, 0.4) is 0 Å². The molecule has 0 aliphatic heterocycles. The second-order valence-corrected chi connectivity index (χ2v) is 5.88. The van der Waals surface area contributed by atoms with Crippen molar-refractivity contribution in [2.24, 2.45) is 0 Å². The lowest BCUT2D eigenvalue weighted by Gasteiger charge is -2.16. The molecule has 0 radical (unpaired) electrons. The van der Waals surface area contributed by atoms with Crippen molar-refractivity contribution in [1.29, 1.82) is 0 Å². The van der Waals surface area contributed by atoms with Crippen LogP contribution in [0.1, 0.15) is 22.8 Å². The molecular formula is C20H21N5O3. The maximum Gasteiger partial charge on any atom is 0.278 e. The molecule has 144 valence electrons. The molecule has 0 bridgehead atoms. The number of aromatic nitrogens is 3. The van der Waals surface area contributed by atoms with Gasteiger partial charge in [-0.2, -0.15) is 0 Å². The predicted octanol–water partition coefficient (Wildman–Crippen LogP) is 3.28. The van der Waals surface area contributed by atoms with Gasteiger partial charge in [0.2, 0.25) is 0 Å². The highest BCUT2D eigenvalue weighted by atomic mass is 16.6. The number of hydrogen-bond donors (Lipinski definition) is 2. The van der Waals surface area contributed by atoms with Gasteiger partial charge in [-0.15, -0.1) is 0 Å². The number of benzene rings is 1. The quantitative estimate of drug-likeness (QED) is 0.608. The first kappa shape index (κ1) is 19.2. The number of ether oxygens (including phenoxy) is 1. The molecule has 0 aliphatic rings. The fraction of sp³-hybridized carbons (Fsp3) is 0.200. The summed E-state index contributed by atoms with van der Waals surface area (Å²) in [6.45, 7) is 4.07. The van der Waals surface area contributed by atoms with E-state index in [0.29, 0.717) is 35.1 Å². The third kappa shape index (κ3) is 4.24. The van der Waals surface area contributed by atoms with Gasteiger partial charge in [0.05, 0.1) is 36.2 Å². The van der Waals surface area contributed by atoms with Crippen molar-refractivity contribution in [3.63, 3.8) is 0 Å². The monoisotopic (exact) mass is 379 g/mol. The van der Waals surface area contributed by atoms with E-state index in [4.69, 9.17) is 9.57 Å². The molecule has 2 N–H and O–H groups in total. The highest BCUT2D eigenvalue weighted by molar-refractivity contribution is 5.99. The van der Waals surface area contributed by atoms with E-state index in [1.807, 2.05) is 25.1 Å². The molecule has 1 amide bonds. The minimum atomic E-state index is -0.394. The second-order valence-electron chi connectivity index (χ2n) is 5.88. The molecule has 28 heavy (non-hydrogen) atoms. The fourth-order valence-corrected chi connectivity index (χ4v) is 2.59. The zero-order valence-corrected chi connectivity index (χ0v) is 15.9. The third-order valence-corrected chi connectivity index (χ3v) is 3.89. The highest BCUT2D eigenvalue weighted by Gasteiger charge is 2.16. The van der Waals surface area contributed by atoms with E-state index in [1.54, 1.807) is 38.7 Å². The molecule has 1 aromatic carbocycles. The van der Waals surface area contributed by atoms with E-state index in [1.165, 1.54) is 6.20 Å². The van der Waals surface area contributed by atoms with Crippen molar-refractivity contribution in [3.8, 4) is 17.1 Å². The molecule has 0 saturated carbocycles. The van der Waals surface area contributed by atoms with Gasteiger partial charge < -0.3 is 10.1 Å². The zero-order valence-electron chi connectivity index (χ0n) is 15.9. The Bertz CT molecular complexity index is 960. The van der Waals surface area contributed by atoms with Crippen LogP contribution in [-0.4, -0.2) is 34.6 Å². The number of carbonyl (C=O) groups excluding carboxylic acids is 1. The van der Waals surface area contributed by atoms with Crippen LogP contribution in [0.2, 0.25) is 0 Å². The Morgan fingerprint density at radius 3 is 2.61 bits per heavy atom. The van der Waals surface area contributed by atoms with Crippen molar-refractivity contribution in [1.82, 2.24) is 20.4 Å². The summed E-state index contributed by atoms with van der Waals surface area (Å²) in [6.07, 6.45) is 6.57. The van der Waals surface area contributed by atoms with E-state index in [0.717, 1.165) is 11.1 Å². The molecule has 0 saturated heterocycles. The summed E-state index contributed by atoms with van der Waals surface area (Å²) in [5.41, 5.74) is 5.66. The number of hydrogen-bond acceptors (Lipinski definition) is 7. The van der Waals surface area contributed by atoms with Gasteiger partial charge in [0, 0.05) is 24.8 Å². The minimum absolute atomic E-state index is 0.343. The van der Waals surface area contributed by atoms with Crippen LogP contribution >= 0.6 is 0 Å². The Hall–Kier alpha value is -3.52. The first-order chi connectivity index (χ1) is 13.6. The number of para-hydroxylation sites is 1. The van der Waals surface area contributed by atoms with Gasteiger partial charge in [-0.1, -0.05) is 6.07 Å². The molecule has 2 aromatic heterocycles. The van der Waals surface area contributed by atoms with E-state index >= 15 is 0 Å². The molecule has 3 aromatic rings. The summed E-state index contributed by atoms with van der Waals surface area (Å²) in [5.74, 6) is 0.726. The van der Waals surface area contributed by atoms with Crippen LogP contribution in [0.15, 0.2) is 49.1 Å². The maximum atomic E-state index is 12.3. The van der Waals surface area contributed by atoms with Gasteiger partial charge in [0.1, 0.15) is 0 Å². The number of amides is 1. The number of methoxy groups -OCH3 is 1. The molecule has 3 rings (SSSR count). The van der Waals surface area contributed by atoms with Crippen LogP contribution in [0.25, 0.3) is 11.4 Å². The molecule has 2 heterocycles. The van der Waals surface area contributed by atoms with Gasteiger partial charge in [-0.25, -0.2) is 15.4 Å². The Morgan fingerprint density at radius 2 is 1.89 bits per heavy atom. The lowest BCUT2D eigenvalue weighted by molar-refractivity contribution is 0.0365. The number of carbonyl (C=O) groups is 1. The van der Waals surface area contributed by atoms with Crippen LogP contribution < -0.4 is 15.5 Å². The number of hydroxylamine groups is 1. The summed E-state index contributed by atoms with van der Waals surface area (Å²) < 4.78 is 5.62. The second kappa shape index (κ2) is 8.92. The lowest BCUT2D eigenvalue weighted by atomic mass is 10.1. The van der Waals surface area contributed by atoms with Crippen molar-refractivity contribution >= 4 is 17.3 Å². The van der Waals surface area contributed by atoms with Crippen molar-refractivity contribution < 1.29 is 14.4 Å². The first-order valence-electron chi connectivity index (χ1n) is 8.73. The number of aryl methyl sites for hydroxylation is 1. The largest absolute Gasteiger partial charge is 0.494 e. The fourth-order valence-electron chi connectivity index (χ4n) is 2.59. The molecule has 0 atom stereocenters. The van der Waals surface area contributed by atoms with Crippen LogP contribution in [0.5, 0.6) is 5.75 Å². The summed E-state index contributed by atoms with van der Waals surface area (Å²) in [5, 5.41) is 3.23. The van der Waals surface area contributed by atoms with Crippen LogP contribution in [0.4, 0.5) is 11.4 Å². The smallest absolute Gasteiger partial charge is 0.278 e. The minimum Gasteiger partial charge on any atom is -0.494 e. The van der Waals surface area contributed by atoms with Gasteiger partial charge in [0.25, 0.3) is 5.91 Å². The lowest BCUT2D eigenvalue weighted by Crippen LogP contribution is -2.24. The first-order valence-corrected chi connectivity index (χ1v) is 8.73. The van der Waals surface area contributed by atoms with Gasteiger partial charge >= 0.3 is 0 Å². The van der Waals surface area contributed by atoms with Crippen molar-refractivity contribution in [2.75, 3.05) is 19.0 Å². The van der Waals surface area contributed by atoms with E-state index < -0.39 is 5.91 Å². The average molecular weight is 379 g/mol. The Labute approximate surface area is 162 Å². The molecule has 8 heteroatoms. The van der Waals surface area contributed by atoms with Crippen LogP contribution in [-0.2, 0) is 4.84 Å². The summed E-state index contributed by atoms with van der Waals surface area (Å²) in [4.78, 5) is 30.1. The molecule has 8 nitrogen and oxygen atoms in total. The third-order valence-electron chi connectivity index (χ3n) is 3.89. The number of nitrogens with zero attached hydrogens (tertiary/aromatic N) is 3. The highest BCUT2D eigenvalue weighted by Crippen LogP contribution is 2.36. The normalized spacial score (nSPS) is 10.4. The molecule has 0 aliphatic carbocycles. The molecule has 0 unspecified atom stereocenters. The van der Waals surface area contributed by atoms with E-state index in [-0.39, 0.29) is 0 Å². The summed E-state index contributed by atoms with van der Waals surface area (Å²) in [6, 6.07) is 7.30. The molecular weight excluding hydrogens is 358 g/mol. The summed E-state index contributed by atoms with van der Waals surface area (Å²) >= 11 is 0. The molecule has 0 spiro atoms.